The lowest BCUT2D eigenvalue weighted by Crippen LogP contribution is -2.19. The molecule has 1 heterocycles. The maximum Gasteiger partial charge on any atom is 0.264 e. The maximum atomic E-state index is 12.3. The first-order valence-corrected chi connectivity index (χ1v) is 10.0. The second-order valence-corrected chi connectivity index (χ2v) is 7.59. The van der Waals surface area contributed by atoms with Crippen molar-refractivity contribution in [2.24, 2.45) is 4.99 Å². The smallest absolute Gasteiger partial charge is 0.264 e. The highest BCUT2D eigenvalue weighted by molar-refractivity contribution is 8.18. The molecule has 2 aromatic rings. The van der Waals surface area contributed by atoms with Gasteiger partial charge in [-0.25, -0.2) is 4.99 Å². The van der Waals surface area contributed by atoms with Crippen LogP contribution in [0, 0.1) is 6.92 Å². The average molecular weight is 397 g/mol. The van der Waals surface area contributed by atoms with E-state index in [0.29, 0.717) is 21.6 Å². The Morgan fingerprint density at radius 2 is 1.93 bits per heavy atom. The van der Waals surface area contributed by atoms with Gasteiger partial charge in [0.1, 0.15) is 0 Å². The van der Waals surface area contributed by atoms with Crippen LogP contribution in [-0.4, -0.2) is 24.3 Å². The number of amides is 1. The minimum absolute atomic E-state index is 0.106. The Hall–Kier alpha value is -2.73. The van der Waals surface area contributed by atoms with E-state index < -0.39 is 0 Å². The van der Waals surface area contributed by atoms with Crippen LogP contribution in [0.2, 0.25) is 0 Å². The molecule has 1 aliphatic heterocycles. The van der Waals surface area contributed by atoms with Crippen molar-refractivity contribution in [3.63, 3.8) is 0 Å². The van der Waals surface area contributed by atoms with Gasteiger partial charge in [-0.2, -0.15) is 0 Å². The molecule has 1 amide bonds. The summed E-state index contributed by atoms with van der Waals surface area (Å²) in [6.07, 6.45) is 2.84. The van der Waals surface area contributed by atoms with Gasteiger partial charge in [0.25, 0.3) is 5.91 Å². The minimum Gasteiger partial charge on any atom is -0.493 e. The van der Waals surface area contributed by atoms with Crippen molar-refractivity contribution < 1.29 is 14.3 Å². The number of hydrogen-bond donors (Lipinski definition) is 1. The Morgan fingerprint density at radius 3 is 2.61 bits per heavy atom. The fourth-order valence-electron chi connectivity index (χ4n) is 2.54. The standard InChI is InChI=1S/C22H24N2O3S/c1-5-15(3)27-18-11-8-16(12-19(18)26-4)13-20-21(25)24-22(28-20)23-17-9-6-14(2)7-10-17/h6-13,15H,5H2,1-4H3,(H,23,24,25)/b20-13+/t15-/m1/s1. The highest BCUT2D eigenvalue weighted by Crippen LogP contribution is 2.33. The van der Waals surface area contributed by atoms with Crippen molar-refractivity contribution in [2.75, 3.05) is 7.11 Å². The third kappa shape index (κ3) is 4.95. The first-order valence-electron chi connectivity index (χ1n) is 9.19. The number of aliphatic imine (C=N–C) groups is 1. The Balaban J connectivity index is 1.79. The zero-order valence-corrected chi connectivity index (χ0v) is 17.3. The molecule has 0 saturated carbocycles. The summed E-state index contributed by atoms with van der Waals surface area (Å²) in [6, 6.07) is 13.5. The number of hydrogen-bond acceptors (Lipinski definition) is 5. The fourth-order valence-corrected chi connectivity index (χ4v) is 3.38. The number of amidine groups is 1. The summed E-state index contributed by atoms with van der Waals surface area (Å²) in [6.45, 7) is 6.11. The zero-order chi connectivity index (χ0) is 20.1. The van der Waals surface area contributed by atoms with Crippen molar-refractivity contribution >= 4 is 34.6 Å². The van der Waals surface area contributed by atoms with Crippen LogP contribution in [-0.2, 0) is 4.79 Å². The topological polar surface area (TPSA) is 59.9 Å². The molecule has 1 atom stereocenters. The SMILES string of the molecule is CC[C@@H](C)Oc1ccc(/C=C2/SC(=Nc3ccc(C)cc3)NC2=O)cc1OC. The Labute approximate surface area is 169 Å². The van der Waals surface area contributed by atoms with E-state index in [1.54, 1.807) is 7.11 Å². The molecule has 1 N–H and O–H groups in total. The average Bonchev–Trinajstić information content (AvgIpc) is 3.03. The van der Waals surface area contributed by atoms with E-state index in [2.05, 4.69) is 17.2 Å². The molecule has 3 rings (SSSR count). The number of carbonyl (C=O) groups is 1. The highest BCUT2D eigenvalue weighted by atomic mass is 32.2. The lowest BCUT2D eigenvalue weighted by Gasteiger charge is -2.15. The number of thioether (sulfide) groups is 1. The van der Waals surface area contributed by atoms with Crippen molar-refractivity contribution in [3.8, 4) is 11.5 Å². The second-order valence-electron chi connectivity index (χ2n) is 6.56. The molecular weight excluding hydrogens is 372 g/mol. The van der Waals surface area contributed by atoms with Crippen molar-refractivity contribution in [1.82, 2.24) is 5.32 Å². The Bertz CT molecular complexity index is 920. The van der Waals surface area contributed by atoms with Gasteiger partial charge in [-0.1, -0.05) is 30.7 Å². The van der Waals surface area contributed by atoms with E-state index in [-0.39, 0.29) is 12.0 Å². The van der Waals surface area contributed by atoms with Gasteiger partial charge in [0, 0.05) is 0 Å². The normalized spacial score (nSPS) is 17.6. The van der Waals surface area contributed by atoms with Crippen LogP contribution in [0.15, 0.2) is 52.4 Å². The molecule has 1 saturated heterocycles. The van der Waals surface area contributed by atoms with E-state index in [1.165, 1.54) is 17.3 Å². The van der Waals surface area contributed by atoms with E-state index >= 15 is 0 Å². The van der Waals surface area contributed by atoms with Crippen LogP contribution < -0.4 is 14.8 Å². The number of rotatable bonds is 6. The molecule has 1 aliphatic rings. The Kier molecular flexibility index (Phi) is 6.41. The zero-order valence-electron chi connectivity index (χ0n) is 16.5. The highest BCUT2D eigenvalue weighted by Gasteiger charge is 2.24. The monoisotopic (exact) mass is 396 g/mol. The van der Waals surface area contributed by atoms with Gasteiger partial charge >= 0.3 is 0 Å². The quantitative estimate of drug-likeness (QED) is 0.693. The molecule has 0 bridgehead atoms. The molecule has 0 aromatic heterocycles. The van der Waals surface area contributed by atoms with Gasteiger partial charge in [-0.15, -0.1) is 0 Å². The summed E-state index contributed by atoms with van der Waals surface area (Å²) in [5.41, 5.74) is 2.84. The first kappa shape index (κ1) is 20.0. The summed E-state index contributed by atoms with van der Waals surface area (Å²) >= 11 is 1.32. The molecule has 6 heteroatoms. The third-order valence-corrected chi connectivity index (χ3v) is 5.21. The van der Waals surface area contributed by atoms with Crippen molar-refractivity contribution in [2.45, 2.75) is 33.3 Å². The molecule has 28 heavy (non-hydrogen) atoms. The van der Waals surface area contributed by atoms with Gasteiger partial charge in [-0.05, 0) is 67.9 Å². The van der Waals surface area contributed by atoms with Gasteiger partial charge in [-0.3, -0.25) is 4.79 Å². The summed E-state index contributed by atoms with van der Waals surface area (Å²) < 4.78 is 11.3. The van der Waals surface area contributed by atoms with Crippen LogP contribution >= 0.6 is 11.8 Å². The lowest BCUT2D eigenvalue weighted by atomic mass is 10.2. The number of nitrogens with zero attached hydrogens (tertiary/aromatic N) is 1. The predicted molar refractivity (Wildman–Crippen MR) is 115 cm³/mol. The molecule has 0 unspecified atom stereocenters. The molecule has 0 radical (unpaired) electrons. The van der Waals surface area contributed by atoms with Gasteiger partial charge < -0.3 is 14.8 Å². The van der Waals surface area contributed by atoms with Crippen molar-refractivity contribution in [1.29, 1.82) is 0 Å². The van der Waals surface area contributed by atoms with E-state index in [1.807, 2.05) is 62.4 Å². The first-order chi connectivity index (χ1) is 13.5. The summed E-state index contributed by atoms with van der Waals surface area (Å²) in [7, 11) is 1.61. The van der Waals surface area contributed by atoms with Crippen LogP contribution in [0.1, 0.15) is 31.4 Å². The molecule has 146 valence electrons. The van der Waals surface area contributed by atoms with Crippen LogP contribution in [0.4, 0.5) is 5.69 Å². The Morgan fingerprint density at radius 1 is 1.18 bits per heavy atom. The van der Waals surface area contributed by atoms with Crippen LogP contribution in [0.5, 0.6) is 11.5 Å². The van der Waals surface area contributed by atoms with Gasteiger partial charge in [0.15, 0.2) is 16.7 Å². The molecule has 2 aromatic carbocycles. The number of aryl methyl sites for hydroxylation is 1. The molecule has 0 spiro atoms. The predicted octanol–water partition coefficient (Wildman–Crippen LogP) is 5.07. The van der Waals surface area contributed by atoms with Gasteiger partial charge in [0.05, 0.1) is 23.8 Å². The molecule has 0 aliphatic carbocycles. The largest absolute Gasteiger partial charge is 0.493 e. The summed E-state index contributed by atoms with van der Waals surface area (Å²) in [4.78, 5) is 17.4. The van der Waals surface area contributed by atoms with E-state index in [0.717, 1.165) is 17.7 Å². The van der Waals surface area contributed by atoms with Gasteiger partial charge in [0.2, 0.25) is 0 Å². The summed E-state index contributed by atoms with van der Waals surface area (Å²) in [5.74, 6) is 1.19. The van der Waals surface area contributed by atoms with Crippen LogP contribution in [0.3, 0.4) is 0 Å². The number of nitrogens with one attached hydrogen (secondary N) is 1. The molecule has 1 fully saturated rings. The van der Waals surface area contributed by atoms with Crippen LogP contribution in [0.25, 0.3) is 6.08 Å². The maximum absolute atomic E-state index is 12.3. The lowest BCUT2D eigenvalue weighted by molar-refractivity contribution is -0.115. The summed E-state index contributed by atoms with van der Waals surface area (Å²) in [5, 5.41) is 3.38. The number of ether oxygens (including phenoxy) is 2. The number of benzene rings is 2. The molecular formula is C22H24N2O3S. The number of carbonyl (C=O) groups excluding carboxylic acids is 1. The van der Waals surface area contributed by atoms with Crippen molar-refractivity contribution in [3.05, 3.63) is 58.5 Å². The molecule has 5 nitrogen and oxygen atoms in total. The van der Waals surface area contributed by atoms with E-state index in [4.69, 9.17) is 9.47 Å². The minimum atomic E-state index is -0.158. The fraction of sp³-hybridized carbons (Fsp3) is 0.273. The number of methoxy groups -OCH3 is 1. The third-order valence-electron chi connectivity index (χ3n) is 4.30. The van der Waals surface area contributed by atoms with E-state index in [9.17, 15) is 4.79 Å². The second kappa shape index (κ2) is 8.97.